The van der Waals surface area contributed by atoms with Crippen LogP contribution in [0.1, 0.15) is 33.6 Å². The summed E-state index contributed by atoms with van der Waals surface area (Å²) in [4.78, 5) is 9.28. The van der Waals surface area contributed by atoms with Gasteiger partial charge in [0.1, 0.15) is 11.3 Å². The molecule has 0 spiro atoms. The van der Waals surface area contributed by atoms with Gasteiger partial charge >= 0.3 is 0 Å². The summed E-state index contributed by atoms with van der Waals surface area (Å²) >= 11 is 0. The number of aromatic nitrogens is 3. The van der Waals surface area contributed by atoms with Crippen molar-refractivity contribution in [1.82, 2.24) is 19.9 Å². The average Bonchev–Trinajstić information content (AvgIpc) is 3.21. The Balaban J connectivity index is 1.96. The number of aliphatic hydroxyl groups excluding tert-OH is 1. The van der Waals surface area contributed by atoms with E-state index >= 15 is 0 Å². The lowest BCUT2D eigenvalue weighted by atomic mass is 10.1. The first-order valence-electron chi connectivity index (χ1n) is 8.90. The Morgan fingerprint density at radius 2 is 2.29 bits per heavy atom. The van der Waals surface area contributed by atoms with E-state index in [0.717, 1.165) is 55.1 Å². The maximum Gasteiger partial charge on any atom is 0.164 e. The molecule has 7 heteroatoms. The normalized spacial score (nSPS) is 20.2. The minimum absolute atomic E-state index is 0.0195. The van der Waals surface area contributed by atoms with Crippen molar-refractivity contribution in [3.05, 3.63) is 12.4 Å². The Kier molecular flexibility index (Phi) is 5.20. The summed E-state index contributed by atoms with van der Waals surface area (Å²) in [6, 6.07) is 2.40. The Morgan fingerprint density at radius 3 is 2.92 bits per heavy atom. The summed E-state index contributed by atoms with van der Waals surface area (Å²) in [7, 11) is 0. The van der Waals surface area contributed by atoms with Crippen LogP contribution in [0.3, 0.4) is 0 Å². The van der Waals surface area contributed by atoms with Crippen molar-refractivity contribution < 1.29 is 5.11 Å². The molecule has 7 nitrogen and oxygen atoms in total. The minimum Gasteiger partial charge on any atom is -0.391 e. The summed E-state index contributed by atoms with van der Waals surface area (Å²) in [5.74, 6) is 0.777. The van der Waals surface area contributed by atoms with Crippen LogP contribution in [-0.2, 0) is 6.54 Å². The topological polar surface area (TPSA) is 87.0 Å². The number of nitrogens with one attached hydrogen (secondary N) is 3. The van der Waals surface area contributed by atoms with Gasteiger partial charge in [-0.1, -0.05) is 6.92 Å². The maximum atomic E-state index is 9.91. The second-order valence-corrected chi connectivity index (χ2v) is 6.49. The van der Waals surface area contributed by atoms with E-state index in [1.54, 1.807) is 6.92 Å². The number of nitrogens with zero attached hydrogens (tertiary/aromatic N) is 3. The van der Waals surface area contributed by atoms with Gasteiger partial charge in [0.25, 0.3) is 0 Å². The minimum atomic E-state index is -0.431. The molecule has 0 saturated carbocycles. The standard InChI is InChI=1S/C17H28N6O/c1-4-13(11(3)24)21-15-8-14(20-12-6-7-18-9-12)16-17(22-15)23(5-2)10-19-16/h8,10-13,18,24H,4-7,9H2,1-3H3,(H2,20,21,22)/t11-,12+,13+/m1/s1. The molecule has 1 aliphatic rings. The Bertz CT molecular complexity index is 677. The number of rotatable bonds is 7. The first-order valence-corrected chi connectivity index (χ1v) is 8.90. The van der Waals surface area contributed by atoms with E-state index in [1.165, 1.54) is 0 Å². The summed E-state index contributed by atoms with van der Waals surface area (Å²) < 4.78 is 2.04. The van der Waals surface area contributed by atoms with Crippen LogP contribution in [-0.4, -0.2) is 50.9 Å². The highest BCUT2D eigenvalue weighted by Gasteiger charge is 2.19. The second-order valence-electron chi connectivity index (χ2n) is 6.49. The number of aryl methyl sites for hydroxylation is 1. The monoisotopic (exact) mass is 332 g/mol. The Hall–Kier alpha value is -1.86. The Labute approximate surface area is 142 Å². The van der Waals surface area contributed by atoms with Crippen LogP contribution < -0.4 is 16.0 Å². The fourth-order valence-corrected chi connectivity index (χ4v) is 3.20. The smallest absolute Gasteiger partial charge is 0.164 e. The fraction of sp³-hybridized carbons (Fsp3) is 0.647. The highest BCUT2D eigenvalue weighted by molar-refractivity contribution is 5.88. The molecule has 0 aromatic carbocycles. The number of pyridine rings is 1. The van der Waals surface area contributed by atoms with E-state index in [9.17, 15) is 5.11 Å². The molecule has 2 aromatic heterocycles. The zero-order valence-corrected chi connectivity index (χ0v) is 14.7. The van der Waals surface area contributed by atoms with E-state index in [-0.39, 0.29) is 6.04 Å². The third-order valence-corrected chi connectivity index (χ3v) is 4.69. The van der Waals surface area contributed by atoms with E-state index in [4.69, 9.17) is 4.98 Å². The lowest BCUT2D eigenvalue weighted by Crippen LogP contribution is -2.31. The van der Waals surface area contributed by atoms with Crippen LogP contribution in [0.25, 0.3) is 11.2 Å². The Morgan fingerprint density at radius 1 is 1.46 bits per heavy atom. The van der Waals surface area contributed by atoms with Crippen molar-refractivity contribution in [2.75, 3.05) is 23.7 Å². The van der Waals surface area contributed by atoms with Crippen LogP contribution in [0, 0.1) is 0 Å². The highest BCUT2D eigenvalue weighted by Crippen LogP contribution is 2.26. The molecule has 1 saturated heterocycles. The second kappa shape index (κ2) is 7.36. The molecule has 1 aliphatic heterocycles. The lowest BCUT2D eigenvalue weighted by molar-refractivity contribution is 0.169. The van der Waals surface area contributed by atoms with Crippen molar-refractivity contribution in [3.63, 3.8) is 0 Å². The molecule has 0 bridgehead atoms. The number of anilines is 2. The molecule has 1 fully saturated rings. The highest BCUT2D eigenvalue weighted by atomic mass is 16.3. The van der Waals surface area contributed by atoms with Crippen molar-refractivity contribution in [2.45, 2.75) is 58.3 Å². The molecule has 132 valence electrons. The number of aliphatic hydroxyl groups is 1. The van der Waals surface area contributed by atoms with Crippen LogP contribution in [0.5, 0.6) is 0 Å². The zero-order chi connectivity index (χ0) is 17.1. The van der Waals surface area contributed by atoms with Crippen LogP contribution >= 0.6 is 0 Å². The molecule has 2 aromatic rings. The molecule has 3 heterocycles. The fourth-order valence-electron chi connectivity index (χ4n) is 3.20. The van der Waals surface area contributed by atoms with Gasteiger partial charge in [-0.15, -0.1) is 0 Å². The van der Waals surface area contributed by atoms with Crippen molar-refractivity contribution >= 4 is 22.7 Å². The largest absolute Gasteiger partial charge is 0.391 e. The molecule has 3 atom stereocenters. The molecule has 0 radical (unpaired) electrons. The van der Waals surface area contributed by atoms with Gasteiger partial charge in [-0.3, -0.25) is 0 Å². The molecular weight excluding hydrogens is 304 g/mol. The van der Waals surface area contributed by atoms with Gasteiger partial charge in [0.2, 0.25) is 0 Å². The zero-order valence-electron chi connectivity index (χ0n) is 14.7. The van der Waals surface area contributed by atoms with Gasteiger partial charge in [0.15, 0.2) is 5.65 Å². The predicted octanol–water partition coefficient (Wildman–Crippen LogP) is 1.80. The number of fused-ring (bicyclic) bond motifs is 1. The van der Waals surface area contributed by atoms with Gasteiger partial charge in [-0.2, -0.15) is 0 Å². The van der Waals surface area contributed by atoms with Gasteiger partial charge in [-0.25, -0.2) is 9.97 Å². The van der Waals surface area contributed by atoms with Crippen molar-refractivity contribution in [3.8, 4) is 0 Å². The van der Waals surface area contributed by atoms with E-state index < -0.39 is 6.10 Å². The molecule has 3 rings (SSSR count). The summed E-state index contributed by atoms with van der Waals surface area (Å²) in [6.45, 7) is 8.78. The van der Waals surface area contributed by atoms with Crippen LogP contribution in [0.4, 0.5) is 11.5 Å². The predicted molar refractivity (Wildman–Crippen MR) is 97.5 cm³/mol. The van der Waals surface area contributed by atoms with Crippen molar-refractivity contribution in [1.29, 1.82) is 0 Å². The molecule has 4 N–H and O–H groups in total. The molecular formula is C17H28N6O. The van der Waals surface area contributed by atoms with E-state index in [1.807, 2.05) is 17.0 Å². The van der Waals surface area contributed by atoms with Gasteiger partial charge < -0.3 is 25.6 Å². The quantitative estimate of drug-likeness (QED) is 0.618. The molecule has 24 heavy (non-hydrogen) atoms. The first-order chi connectivity index (χ1) is 11.6. The van der Waals surface area contributed by atoms with E-state index in [0.29, 0.717) is 6.04 Å². The van der Waals surface area contributed by atoms with E-state index in [2.05, 4.69) is 34.8 Å². The van der Waals surface area contributed by atoms with Crippen molar-refractivity contribution in [2.24, 2.45) is 0 Å². The molecule has 0 unspecified atom stereocenters. The maximum absolute atomic E-state index is 9.91. The third-order valence-electron chi connectivity index (χ3n) is 4.69. The summed E-state index contributed by atoms with van der Waals surface area (Å²) in [5, 5.41) is 20.3. The number of hydrogen-bond donors (Lipinski definition) is 4. The average molecular weight is 332 g/mol. The molecule has 0 amide bonds. The van der Waals surface area contributed by atoms with Crippen LogP contribution in [0.2, 0.25) is 0 Å². The summed E-state index contributed by atoms with van der Waals surface area (Å²) in [5.41, 5.74) is 2.78. The number of hydrogen-bond acceptors (Lipinski definition) is 6. The van der Waals surface area contributed by atoms with Gasteiger partial charge in [-0.05, 0) is 33.2 Å². The van der Waals surface area contributed by atoms with Gasteiger partial charge in [0.05, 0.1) is 24.2 Å². The van der Waals surface area contributed by atoms with Crippen LogP contribution in [0.15, 0.2) is 12.4 Å². The third kappa shape index (κ3) is 3.47. The lowest BCUT2D eigenvalue weighted by Gasteiger charge is -2.21. The van der Waals surface area contributed by atoms with Gasteiger partial charge in [0, 0.05) is 25.2 Å². The number of imidazole rings is 1. The SMILES string of the molecule is CC[C@H](Nc1cc(N[C@H]2CCNC2)c2ncn(CC)c2n1)[C@@H](C)O. The molecule has 0 aliphatic carbocycles. The first kappa shape index (κ1) is 17.0. The summed E-state index contributed by atoms with van der Waals surface area (Å²) in [6.07, 6.45) is 3.34.